The molecule has 2 aromatic heterocycles. The number of aromatic nitrogens is 3. The Balaban J connectivity index is 1.75. The molecule has 30 heavy (non-hydrogen) atoms. The Morgan fingerprint density at radius 2 is 1.93 bits per heavy atom. The highest BCUT2D eigenvalue weighted by Gasteiger charge is 2.23. The number of nitrogens with two attached hydrogens (primary N) is 1. The van der Waals surface area contributed by atoms with Crippen molar-refractivity contribution in [2.75, 3.05) is 32.7 Å². The summed E-state index contributed by atoms with van der Waals surface area (Å²) >= 11 is 0. The average molecular weight is 409 g/mol. The van der Waals surface area contributed by atoms with Crippen molar-refractivity contribution < 1.29 is 13.9 Å². The van der Waals surface area contributed by atoms with Crippen molar-refractivity contribution in [2.45, 2.75) is 18.8 Å². The maximum Gasteiger partial charge on any atom is 0.188 e. The smallest absolute Gasteiger partial charge is 0.188 e. The van der Waals surface area contributed by atoms with Gasteiger partial charge in [0.15, 0.2) is 18.4 Å². The molecule has 0 radical (unpaired) electrons. The van der Waals surface area contributed by atoms with Crippen molar-refractivity contribution in [1.29, 1.82) is 0 Å². The number of nitrogens with zero attached hydrogens (tertiary/aromatic N) is 3. The second-order valence-corrected chi connectivity index (χ2v) is 7.16. The van der Waals surface area contributed by atoms with Gasteiger partial charge < -0.3 is 20.5 Å². The fraction of sp³-hybridized carbons (Fsp3) is 0.318. The summed E-state index contributed by atoms with van der Waals surface area (Å²) < 4.78 is 26.1. The third-order valence-electron chi connectivity index (χ3n) is 5.27. The molecule has 0 amide bonds. The Bertz CT molecular complexity index is 1020. The molecule has 3 N–H and O–H groups in total. The highest BCUT2D eigenvalue weighted by Crippen LogP contribution is 2.35. The molecular weight excluding hydrogens is 385 g/mol. The lowest BCUT2D eigenvalue weighted by Crippen LogP contribution is -2.27. The molecular formula is C22H24FN5O2. The van der Waals surface area contributed by atoms with Crippen molar-refractivity contribution in [3.05, 3.63) is 54.0 Å². The van der Waals surface area contributed by atoms with E-state index in [1.54, 1.807) is 25.4 Å². The molecule has 0 aliphatic carbocycles. The van der Waals surface area contributed by atoms with Gasteiger partial charge in [-0.25, -0.2) is 4.39 Å². The zero-order chi connectivity index (χ0) is 20.9. The summed E-state index contributed by atoms with van der Waals surface area (Å²) in [6, 6.07) is 10.8. The van der Waals surface area contributed by atoms with Crippen LogP contribution >= 0.6 is 0 Å². The Hall–Kier alpha value is -3.10. The summed E-state index contributed by atoms with van der Waals surface area (Å²) in [6.45, 7) is 1.85. The number of halogens is 1. The van der Waals surface area contributed by atoms with Crippen molar-refractivity contribution >= 4 is 5.82 Å². The number of nitrogen functional groups attached to an aromatic ring is 1. The van der Waals surface area contributed by atoms with Gasteiger partial charge >= 0.3 is 0 Å². The van der Waals surface area contributed by atoms with Crippen molar-refractivity contribution in [1.82, 2.24) is 20.5 Å². The standard InChI is InChI=1S/C22H24FN5O2/c1-29-13-30-19-5-3-2-4-16(19)18-12-17(22(24)28-27-18)21-20(23)15(8-11-26-21)14-6-9-25-10-7-14/h2-5,8,11-12,14,25H,6-7,9-10,13H2,1H3,(H2,24,28). The molecule has 1 fully saturated rings. The number of methoxy groups -OCH3 is 1. The molecule has 156 valence electrons. The molecule has 1 aliphatic rings. The Labute approximate surface area is 174 Å². The Morgan fingerprint density at radius 3 is 2.73 bits per heavy atom. The van der Waals surface area contributed by atoms with Crippen LogP contribution in [-0.2, 0) is 4.74 Å². The van der Waals surface area contributed by atoms with Crippen molar-refractivity contribution in [3.63, 3.8) is 0 Å². The quantitative estimate of drug-likeness (QED) is 0.603. The normalized spacial score (nSPS) is 14.6. The summed E-state index contributed by atoms with van der Waals surface area (Å²) in [5, 5.41) is 11.6. The van der Waals surface area contributed by atoms with Crippen LogP contribution in [-0.4, -0.2) is 42.2 Å². The van der Waals surface area contributed by atoms with Gasteiger partial charge in [-0.05, 0) is 61.7 Å². The van der Waals surface area contributed by atoms with Gasteiger partial charge in [-0.15, -0.1) is 10.2 Å². The first-order valence-electron chi connectivity index (χ1n) is 9.89. The van der Waals surface area contributed by atoms with Gasteiger partial charge in [0.2, 0.25) is 0 Å². The third kappa shape index (κ3) is 4.10. The van der Waals surface area contributed by atoms with E-state index < -0.39 is 0 Å². The maximum atomic E-state index is 15.5. The monoisotopic (exact) mass is 409 g/mol. The lowest BCUT2D eigenvalue weighted by Gasteiger charge is -2.23. The van der Waals surface area contributed by atoms with Gasteiger partial charge in [-0.2, -0.15) is 0 Å². The lowest BCUT2D eigenvalue weighted by atomic mass is 9.89. The van der Waals surface area contributed by atoms with Crippen molar-refractivity contribution in [3.8, 4) is 28.3 Å². The minimum absolute atomic E-state index is 0.0980. The molecule has 8 heteroatoms. The summed E-state index contributed by atoms with van der Waals surface area (Å²) in [6.07, 6.45) is 3.41. The predicted octanol–water partition coefficient (Wildman–Crippen LogP) is 3.38. The minimum atomic E-state index is -0.348. The van der Waals surface area contributed by atoms with Crippen LogP contribution in [0.15, 0.2) is 42.6 Å². The SMILES string of the molecule is COCOc1ccccc1-c1cc(-c2nccc(C3CCNCC3)c2F)c(N)nn1. The number of para-hydroxylation sites is 1. The maximum absolute atomic E-state index is 15.5. The number of benzene rings is 1. The molecule has 0 atom stereocenters. The van der Waals surface area contributed by atoms with Crippen LogP contribution < -0.4 is 15.8 Å². The number of rotatable bonds is 6. The molecule has 3 aromatic rings. The van der Waals surface area contributed by atoms with E-state index in [1.165, 1.54) is 0 Å². The van der Waals surface area contributed by atoms with Crippen LogP contribution in [0.5, 0.6) is 5.75 Å². The number of hydrogen-bond acceptors (Lipinski definition) is 7. The molecule has 0 saturated carbocycles. The van der Waals surface area contributed by atoms with Gasteiger partial charge in [-0.3, -0.25) is 4.98 Å². The molecule has 1 saturated heterocycles. The van der Waals surface area contributed by atoms with Crippen molar-refractivity contribution in [2.24, 2.45) is 0 Å². The Morgan fingerprint density at radius 1 is 1.13 bits per heavy atom. The zero-order valence-electron chi connectivity index (χ0n) is 16.8. The number of piperidine rings is 1. The average Bonchev–Trinajstić information content (AvgIpc) is 2.79. The van der Waals surface area contributed by atoms with Crippen LogP contribution in [0.2, 0.25) is 0 Å². The van der Waals surface area contributed by atoms with Crippen LogP contribution in [0.3, 0.4) is 0 Å². The molecule has 7 nitrogen and oxygen atoms in total. The van der Waals surface area contributed by atoms with E-state index in [9.17, 15) is 0 Å². The van der Waals surface area contributed by atoms with E-state index in [2.05, 4.69) is 20.5 Å². The highest BCUT2D eigenvalue weighted by molar-refractivity contribution is 5.77. The number of hydrogen-bond donors (Lipinski definition) is 2. The van der Waals surface area contributed by atoms with E-state index in [-0.39, 0.29) is 30.0 Å². The van der Waals surface area contributed by atoms with Gasteiger partial charge in [0, 0.05) is 24.4 Å². The Kier molecular flexibility index (Phi) is 6.15. The molecule has 0 spiro atoms. The second kappa shape index (κ2) is 9.15. The lowest BCUT2D eigenvalue weighted by molar-refractivity contribution is 0.0515. The van der Waals surface area contributed by atoms with Crippen LogP contribution in [0.25, 0.3) is 22.5 Å². The minimum Gasteiger partial charge on any atom is -0.467 e. The number of ether oxygens (including phenoxy) is 2. The van der Waals surface area contributed by atoms with E-state index in [4.69, 9.17) is 15.2 Å². The molecule has 0 unspecified atom stereocenters. The van der Waals surface area contributed by atoms with E-state index in [0.717, 1.165) is 25.9 Å². The summed E-state index contributed by atoms with van der Waals surface area (Å²) in [7, 11) is 1.55. The van der Waals surface area contributed by atoms with Crippen LogP contribution in [0, 0.1) is 5.82 Å². The van der Waals surface area contributed by atoms with Crippen LogP contribution in [0.1, 0.15) is 24.3 Å². The highest BCUT2D eigenvalue weighted by atomic mass is 19.1. The summed E-state index contributed by atoms with van der Waals surface area (Å²) in [4.78, 5) is 4.28. The van der Waals surface area contributed by atoms with Gasteiger partial charge in [0.1, 0.15) is 11.4 Å². The van der Waals surface area contributed by atoms with E-state index in [1.807, 2.05) is 24.3 Å². The third-order valence-corrected chi connectivity index (χ3v) is 5.27. The number of anilines is 1. The first kappa shape index (κ1) is 20.2. The fourth-order valence-corrected chi connectivity index (χ4v) is 3.74. The van der Waals surface area contributed by atoms with Gasteiger partial charge in [0.05, 0.1) is 5.69 Å². The molecule has 4 rings (SSSR count). The summed E-state index contributed by atoms with van der Waals surface area (Å²) in [5.41, 5.74) is 8.56. The molecule has 1 aromatic carbocycles. The summed E-state index contributed by atoms with van der Waals surface area (Å²) in [5.74, 6) is 0.523. The van der Waals surface area contributed by atoms with E-state index >= 15 is 4.39 Å². The largest absolute Gasteiger partial charge is 0.467 e. The van der Waals surface area contributed by atoms with Gasteiger partial charge in [-0.1, -0.05) is 12.1 Å². The number of pyridine rings is 1. The first-order valence-corrected chi connectivity index (χ1v) is 9.89. The topological polar surface area (TPSA) is 95.2 Å². The predicted molar refractivity (Wildman–Crippen MR) is 112 cm³/mol. The second-order valence-electron chi connectivity index (χ2n) is 7.16. The molecule has 0 bridgehead atoms. The molecule has 1 aliphatic heterocycles. The zero-order valence-corrected chi connectivity index (χ0v) is 16.8. The van der Waals surface area contributed by atoms with Gasteiger partial charge in [0.25, 0.3) is 0 Å². The number of nitrogens with one attached hydrogen (secondary N) is 1. The van der Waals surface area contributed by atoms with E-state index in [0.29, 0.717) is 28.1 Å². The fourth-order valence-electron chi connectivity index (χ4n) is 3.74. The first-order chi connectivity index (χ1) is 14.7. The molecule has 3 heterocycles. The van der Waals surface area contributed by atoms with Crippen LogP contribution in [0.4, 0.5) is 10.2 Å².